The van der Waals surface area contributed by atoms with Gasteiger partial charge in [0.1, 0.15) is 11.4 Å². The average Bonchev–Trinajstić information content (AvgIpc) is 2.55. The van der Waals surface area contributed by atoms with Gasteiger partial charge in [0, 0.05) is 18.7 Å². The molecule has 1 aromatic rings. The Morgan fingerprint density at radius 3 is 2.85 bits per heavy atom. The maximum absolute atomic E-state index is 13.6. The first-order valence-corrected chi connectivity index (χ1v) is 8.81. The molecule has 1 fully saturated rings. The monoisotopic (exact) mass is 386 g/mol. The third kappa shape index (κ3) is 5.93. The Bertz CT molecular complexity index is 663. The minimum absolute atomic E-state index is 0.0627. The summed E-state index contributed by atoms with van der Waals surface area (Å²) in [6.45, 7) is 7.07. The maximum Gasteiger partial charge on any atom is 0.407 e. The number of ketones is 1. The van der Waals surface area contributed by atoms with Gasteiger partial charge in [0.25, 0.3) is 0 Å². The zero-order valence-corrected chi connectivity index (χ0v) is 15.9. The molecule has 1 aliphatic heterocycles. The first kappa shape index (κ1) is 20.6. The SMILES string of the molecule is CC(C)(C)OC(=O)NCC1COCCN1CC(=O)c1cccc(F)c1Cl. The predicted octanol–water partition coefficient (Wildman–Crippen LogP) is 2.89. The number of amides is 1. The van der Waals surface area contributed by atoms with E-state index in [-0.39, 0.29) is 35.5 Å². The number of carbonyl (C=O) groups excluding carboxylic acids is 2. The van der Waals surface area contributed by atoms with Crippen molar-refractivity contribution >= 4 is 23.5 Å². The Morgan fingerprint density at radius 2 is 2.15 bits per heavy atom. The number of benzene rings is 1. The molecular weight excluding hydrogens is 363 g/mol. The van der Waals surface area contributed by atoms with Gasteiger partial charge in [0.15, 0.2) is 5.78 Å². The molecule has 1 aliphatic rings. The lowest BCUT2D eigenvalue weighted by Gasteiger charge is -2.35. The van der Waals surface area contributed by atoms with Crippen LogP contribution in [0.4, 0.5) is 9.18 Å². The summed E-state index contributed by atoms with van der Waals surface area (Å²) >= 11 is 5.89. The second-order valence-electron chi connectivity index (χ2n) is 7.11. The number of Topliss-reactive ketones (excluding diaryl/α,β-unsaturated/α-hetero) is 1. The lowest BCUT2D eigenvalue weighted by Crippen LogP contribution is -2.53. The van der Waals surface area contributed by atoms with Crippen molar-refractivity contribution in [1.29, 1.82) is 0 Å². The topological polar surface area (TPSA) is 67.9 Å². The number of morpholine rings is 1. The van der Waals surface area contributed by atoms with Gasteiger partial charge in [-0.05, 0) is 32.9 Å². The maximum atomic E-state index is 13.6. The Labute approximate surface area is 157 Å². The summed E-state index contributed by atoms with van der Waals surface area (Å²) in [5.41, 5.74) is -0.436. The van der Waals surface area contributed by atoms with Gasteiger partial charge in [-0.2, -0.15) is 0 Å². The molecule has 144 valence electrons. The smallest absolute Gasteiger partial charge is 0.407 e. The normalized spacial score (nSPS) is 18.4. The third-order valence-electron chi connectivity index (χ3n) is 3.83. The van der Waals surface area contributed by atoms with Crippen LogP contribution in [0.15, 0.2) is 18.2 Å². The lowest BCUT2D eigenvalue weighted by atomic mass is 10.1. The highest BCUT2D eigenvalue weighted by molar-refractivity contribution is 6.34. The molecule has 1 aromatic carbocycles. The summed E-state index contributed by atoms with van der Waals surface area (Å²) in [5, 5.41) is 2.52. The number of nitrogens with zero attached hydrogens (tertiary/aromatic N) is 1. The van der Waals surface area contributed by atoms with Crippen LogP contribution in [0.25, 0.3) is 0 Å². The van der Waals surface area contributed by atoms with Crippen LogP contribution in [-0.2, 0) is 9.47 Å². The highest BCUT2D eigenvalue weighted by Gasteiger charge is 2.27. The second kappa shape index (κ2) is 8.79. The van der Waals surface area contributed by atoms with Gasteiger partial charge < -0.3 is 14.8 Å². The van der Waals surface area contributed by atoms with E-state index in [1.165, 1.54) is 18.2 Å². The van der Waals surface area contributed by atoms with Crippen molar-refractivity contribution in [2.45, 2.75) is 32.4 Å². The van der Waals surface area contributed by atoms with Crippen LogP contribution in [0.5, 0.6) is 0 Å². The molecule has 0 radical (unpaired) electrons. The molecule has 1 saturated heterocycles. The molecule has 8 heteroatoms. The predicted molar refractivity (Wildman–Crippen MR) is 96.2 cm³/mol. The van der Waals surface area contributed by atoms with E-state index >= 15 is 0 Å². The molecule has 1 atom stereocenters. The second-order valence-corrected chi connectivity index (χ2v) is 7.48. The number of hydrogen-bond donors (Lipinski definition) is 1. The van der Waals surface area contributed by atoms with Crippen LogP contribution >= 0.6 is 11.6 Å². The van der Waals surface area contributed by atoms with Crippen molar-refractivity contribution in [3.05, 3.63) is 34.6 Å². The fraction of sp³-hybridized carbons (Fsp3) is 0.556. The number of ether oxygens (including phenoxy) is 2. The van der Waals surface area contributed by atoms with Gasteiger partial charge in [-0.15, -0.1) is 0 Å². The van der Waals surface area contributed by atoms with Crippen molar-refractivity contribution in [2.75, 3.05) is 32.8 Å². The van der Waals surface area contributed by atoms with E-state index in [1.807, 2.05) is 4.90 Å². The van der Waals surface area contributed by atoms with Crippen molar-refractivity contribution in [2.24, 2.45) is 0 Å². The van der Waals surface area contributed by atoms with Crippen molar-refractivity contribution in [1.82, 2.24) is 10.2 Å². The number of hydrogen-bond acceptors (Lipinski definition) is 5. The fourth-order valence-corrected chi connectivity index (χ4v) is 2.82. The summed E-state index contributed by atoms with van der Waals surface area (Å²) < 4.78 is 24.2. The number of nitrogens with one attached hydrogen (secondary N) is 1. The molecule has 0 spiro atoms. The molecule has 0 aliphatic carbocycles. The summed E-state index contributed by atoms with van der Waals surface area (Å²) in [4.78, 5) is 26.2. The zero-order chi connectivity index (χ0) is 19.3. The molecule has 1 heterocycles. The molecule has 1 N–H and O–H groups in total. The van der Waals surface area contributed by atoms with Crippen molar-refractivity contribution < 1.29 is 23.5 Å². The van der Waals surface area contributed by atoms with Crippen LogP contribution in [-0.4, -0.2) is 61.3 Å². The Hall–Kier alpha value is -1.70. The fourth-order valence-electron chi connectivity index (χ4n) is 2.59. The van der Waals surface area contributed by atoms with Crippen molar-refractivity contribution in [3.63, 3.8) is 0 Å². The van der Waals surface area contributed by atoms with Gasteiger partial charge in [0.2, 0.25) is 0 Å². The average molecular weight is 387 g/mol. The van der Waals surface area contributed by atoms with Crippen LogP contribution in [0.3, 0.4) is 0 Å². The van der Waals surface area contributed by atoms with Gasteiger partial charge >= 0.3 is 6.09 Å². The number of halogens is 2. The lowest BCUT2D eigenvalue weighted by molar-refractivity contribution is -0.00592. The Morgan fingerprint density at radius 1 is 1.42 bits per heavy atom. The molecule has 0 saturated carbocycles. The van der Waals surface area contributed by atoms with E-state index in [2.05, 4.69) is 5.32 Å². The molecule has 26 heavy (non-hydrogen) atoms. The summed E-state index contributed by atoms with van der Waals surface area (Å²) in [6.07, 6.45) is -0.525. The summed E-state index contributed by atoms with van der Waals surface area (Å²) in [7, 11) is 0. The zero-order valence-electron chi connectivity index (χ0n) is 15.2. The quantitative estimate of drug-likeness (QED) is 0.788. The first-order chi connectivity index (χ1) is 12.2. The molecule has 1 amide bonds. The van der Waals surface area contributed by atoms with Gasteiger partial charge in [-0.1, -0.05) is 17.7 Å². The van der Waals surface area contributed by atoms with Gasteiger partial charge in [0.05, 0.1) is 30.8 Å². The summed E-state index contributed by atoms with van der Waals surface area (Å²) in [5.74, 6) is -0.902. The Kier molecular flexibility index (Phi) is 6.97. The Balaban J connectivity index is 1.96. The third-order valence-corrected chi connectivity index (χ3v) is 4.21. The molecule has 0 aromatic heterocycles. The minimum atomic E-state index is -0.623. The van der Waals surface area contributed by atoms with Gasteiger partial charge in [-0.3, -0.25) is 9.69 Å². The van der Waals surface area contributed by atoms with E-state index in [9.17, 15) is 14.0 Å². The standard InChI is InChI=1S/C18H24ClFN2O4/c1-18(2,3)26-17(24)21-9-12-11-25-8-7-22(12)10-15(23)13-5-4-6-14(20)16(13)19/h4-6,12H,7-11H2,1-3H3,(H,21,24). The molecule has 2 rings (SSSR count). The highest BCUT2D eigenvalue weighted by atomic mass is 35.5. The van der Waals surface area contributed by atoms with Crippen LogP contribution in [0.1, 0.15) is 31.1 Å². The summed E-state index contributed by atoms with van der Waals surface area (Å²) in [6, 6.07) is 3.98. The molecule has 0 bridgehead atoms. The highest BCUT2D eigenvalue weighted by Crippen LogP contribution is 2.21. The van der Waals surface area contributed by atoms with E-state index in [0.29, 0.717) is 19.8 Å². The molecular formula is C18H24ClFN2O4. The molecule has 1 unspecified atom stereocenters. The van der Waals surface area contributed by atoms with Crippen LogP contribution < -0.4 is 5.32 Å². The molecule has 6 nitrogen and oxygen atoms in total. The number of rotatable bonds is 5. The first-order valence-electron chi connectivity index (χ1n) is 8.43. The van der Waals surface area contributed by atoms with Crippen molar-refractivity contribution in [3.8, 4) is 0 Å². The minimum Gasteiger partial charge on any atom is -0.444 e. The number of alkyl carbamates (subject to hydrolysis) is 1. The number of carbonyl (C=O) groups is 2. The van der Waals surface area contributed by atoms with Gasteiger partial charge in [-0.25, -0.2) is 9.18 Å². The van der Waals surface area contributed by atoms with Crippen LogP contribution in [0, 0.1) is 5.82 Å². The van der Waals surface area contributed by atoms with Crippen LogP contribution in [0.2, 0.25) is 5.02 Å². The van der Waals surface area contributed by atoms with E-state index in [0.717, 1.165) is 0 Å². The van der Waals surface area contributed by atoms with E-state index in [4.69, 9.17) is 21.1 Å². The van der Waals surface area contributed by atoms with E-state index < -0.39 is 17.5 Å². The largest absolute Gasteiger partial charge is 0.444 e. The van der Waals surface area contributed by atoms with E-state index in [1.54, 1.807) is 20.8 Å².